The van der Waals surface area contributed by atoms with E-state index in [0.717, 1.165) is 0 Å². The number of amides is 1. The molecule has 100 valence electrons. The van der Waals surface area contributed by atoms with Gasteiger partial charge in [0, 0.05) is 10.0 Å². The smallest absolute Gasteiger partial charge is 0.238 e. The standard InChI is InChI=1S/C12H15BrCl2N2O/c1-12(2,3)16-6-9(18)17-8-5-4-7(13)10(14)11(8)15/h4-5,16H,6H2,1-3H3,(H,17,18). The fourth-order valence-electron chi connectivity index (χ4n) is 1.16. The summed E-state index contributed by atoms with van der Waals surface area (Å²) in [5.41, 5.74) is 0.393. The van der Waals surface area contributed by atoms with Crippen LogP contribution in [-0.4, -0.2) is 18.0 Å². The van der Waals surface area contributed by atoms with Crippen LogP contribution in [0.25, 0.3) is 0 Å². The lowest BCUT2D eigenvalue weighted by Crippen LogP contribution is -2.41. The molecule has 0 radical (unpaired) electrons. The molecule has 1 aromatic rings. The van der Waals surface area contributed by atoms with Crippen molar-refractivity contribution in [1.82, 2.24) is 5.32 Å². The molecule has 0 spiro atoms. The van der Waals surface area contributed by atoms with Crippen LogP contribution in [0.1, 0.15) is 20.8 Å². The first-order valence-corrected chi connectivity index (χ1v) is 6.94. The van der Waals surface area contributed by atoms with Crippen molar-refractivity contribution in [3.63, 3.8) is 0 Å². The summed E-state index contributed by atoms with van der Waals surface area (Å²) in [5, 5.41) is 6.52. The molecule has 0 saturated heterocycles. The average Bonchev–Trinajstić information content (AvgIpc) is 2.26. The Morgan fingerprint density at radius 3 is 2.44 bits per heavy atom. The van der Waals surface area contributed by atoms with Gasteiger partial charge in [-0.15, -0.1) is 0 Å². The number of rotatable bonds is 3. The number of anilines is 1. The maximum Gasteiger partial charge on any atom is 0.238 e. The molecule has 0 fully saturated rings. The summed E-state index contributed by atoms with van der Waals surface area (Å²) < 4.78 is 0.694. The molecule has 0 aromatic heterocycles. The predicted octanol–water partition coefficient (Wildman–Crippen LogP) is 4.08. The molecule has 0 heterocycles. The second kappa shape index (κ2) is 6.24. The summed E-state index contributed by atoms with van der Waals surface area (Å²) in [6.07, 6.45) is 0. The van der Waals surface area contributed by atoms with Crippen molar-refractivity contribution in [2.24, 2.45) is 0 Å². The Balaban J connectivity index is 2.68. The maximum absolute atomic E-state index is 11.7. The van der Waals surface area contributed by atoms with E-state index in [4.69, 9.17) is 23.2 Å². The minimum Gasteiger partial charge on any atom is -0.324 e. The van der Waals surface area contributed by atoms with E-state index in [2.05, 4.69) is 26.6 Å². The molecule has 18 heavy (non-hydrogen) atoms. The topological polar surface area (TPSA) is 41.1 Å². The van der Waals surface area contributed by atoms with E-state index in [-0.39, 0.29) is 18.0 Å². The molecule has 3 nitrogen and oxygen atoms in total. The quantitative estimate of drug-likeness (QED) is 0.804. The van der Waals surface area contributed by atoms with Gasteiger partial charge in [0.2, 0.25) is 5.91 Å². The lowest BCUT2D eigenvalue weighted by atomic mass is 10.1. The number of hydrogen-bond acceptors (Lipinski definition) is 2. The first-order valence-electron chi connectivity index (χ1n) is 5.39. The van der Waals surface area contributed by atoms with E-state index in [0.29, 0.717) is 20.2 Å². The maximum atomic E-state index is 11.7. The summed E-state index contributed by atoms with van der Waals surface area (Å²) in [4.78, 5) is 11.7. The van der Waals surface area contributed by atoms with Crippen LogP contribution in [-0.2, 0) is 4.79 Å². The Labute approximate surface area is 125 Å². The first kappa shape index (κ1) is 15.8. The molecule has 2 N–H and O–H groups in total. The van der Waals surface area contributed by atoms with Crippen molar-refractivity contribution >= 4 is 50.7 Å². The van der Waals surface area contributed by atoms with E-state index in [9.17, 15) is 4.79 Å². The van der Waals surface area contributed by atoms with Crippen molar-refractivity contribution in [3.05, 3.63) is 26.7 Å². The van der Waals surface area contributed by atoms with Gasteiger partial charge < -0.3 is 10.6 Å². The van der Waals surface area contributed by atoms with E-state index < -0.39 is 0 Å². The monoisotopic (exact) mass is 352 g/mol. The molecule has 6 heteroatoms. The van der Waals surface area contributed by atoms with Gasteiger partial charge in [-0.2, -0.15) is 0 Å². The second-order valence-electron chi connectivity index (χ2n) is 4.87. The number of halogens is 3. The van der Waals surface area contributed by atoms with Crippen molar-refractivity contribution in [3.8, 4) is 0 Å². The van der Waals surface area contributed by atoms with Gasteiger partial charge in [0.05, 0.1) is 22.3 Å². The minimum absolute atomic E-state index is 0.113. The van der Waals surface area contributed by atoms with Crippen molar-refractivity contribution in [1.29, 1.82) is 0 Å². The summed E-state index contributed by atoms with van der Waals surface area (Å²) in [6.45, 7) is 6.19. The number of carbonyl (C=O) groups is 1. The fourth-order valence-corrected chi connectivity index (χ4v) is 1.98. The summed E-state index contributed by atoms with van der Waals surface area (Å²) >= 11 is 15.3. The van der Waals surface area contributed by atoms with E-state index in [1.54, 1.807) is 12.1 Å². The molecule has 1 amide bonds. The Hall–Kier alpha value is -0.290. The molecular formula is C12H15BrCl2N2O. The van der Waals surface area contributed by atoms with E-state index in [1.807, 2.05) is 20.8 Å². The Morgan fingerprint density at radius 1 is 1.28 bits per heavy atom. The third-order valence-electron chi connectivity index (χ3n) is 2.09. The second-order valence-corrected chi connectivity index (χ2v) is 6.48. The van der Waals surface area contributed by atoms with Crippen LogP contribution < -0.4 is 10.6 Å². The number of carbonyl (C=O) groups excluding carboxylic acids is 1. The van der Waals surface area contributed by atoms with Crippen LogP contribution in [0, 0.1) is 0 Å². The van der Waals surface area contributed by atoms with Gasteiger partial charge in [0.25, 0.3) is 0 Å². The van der Waals surface area contributed by atoms with Crippen molar-refractivity contribution in [2.75, 3.05) is 11.9 Å². The van der Waals surface area contributed by atoms with Crippen molar-refractivity contribution in [2.45, 2.75) is 26.3 Å². The van der Waals surface area contributed by atoms with Crippen LogP contribution in [0.3, 0.4) is 0 Å². The van der Waals surface area contributed by atoms with Crippen LogP contribution in [0.15, 0.2) is 16.6 Å². The molecule has 1 rings (SSSR count). The zero-order chi connectivity index (χ0) is 13.9. The van der Waals surface area contributed by atoms with Gasteiger partial charge in [-0.25, -0.2) is 0 Å². The van der Waals surface area contributed by atoms with Gasteiger partial charge in [0.1, 0.15) is 0 Å². The van der Waals surface area contributed by atoms with Gasteiger partial charge in [-0.05, 0) is 48.8 Å². The van der Waals surface area contributed by atoms with Crippen molar-refractivity contribution < 1.29 is 4.79 Å². The van der Waals surface area contributed by atoms with E-state index in [1.165, 1.54) is 0 Å². The highest BCUT2D eigenvalue weighted by molar-refractivity contribution is 9.10. The summed E-state index contributed by atoms with van der Waals surface area (Å²) in [6, 6.07) is 3.44. The zero-order valence-electron chi connectivity index (χ0n) is 10.4. The number of nitrogens with one attached hydrogen (secondary N) is 2. The fraction of sp³-hybridized carbons (Fsp3) is 0.417. The van der Waals surface area contributed by atoms with E-state index >= 15 is 0 Å². The zero-order valence-corrected chi connectivity index (χ0v) is 13.5. The molecule has 0 bridgehead atoms. The highest BCUT2D eigenvalue weighted by Crippen LogP contribution is 2.35. The Kier molecular flexibility index (Phi) is 5.46. The summed E-state index contributed by atoms with van der Waals surface area (Å²) in [5.74, 6) is -0.162. The largest absolute Gasteiger partial charge is 0.324 e. The average molecular weight is 354 g/mol. The highest BCUT2D eigenvalue weighted by atomic mass is 79.9. The lowest BCUT2D eigenvalue weighted by molar-refractivity contribution is -0.115. The lowest BCUT2D eigenvalue weighted by Gasteiger charge is -2.20. The van der Waals surface area contributed by atoms with Crippen LogP contribution in [0.4, 0.5) is 5.69 Å². The minimum atomic E-state index is -0.162. The molecule has 0 unspecified atom stereocenters. The molecular weight excluding hydrogens is 339 g/mol. The number of hydrogen-bond donors (Lipinski definition) is 2. The third-order valence-corrected chi connectivity index (χ3v) is 3.86. The van der Waals surface area contributed by atoms with Gasteiger partial charge in [-0.3, -0.25) is 4.79 Å². The molecule has 1 aromatic carbocycles. The number of benzene rings is 1. The Bertz CT molecular complexity index is 458. The van der Waals surface area contributed by atoms with Gasteiger partial charge in [0.15, 0.2) is 0 Å². The molecule has 0 atom stereocenters. The SMILES string of the molecule is CC(C)(C)NCC(=O)Nc1ccc(Br)c(Cl)c1Cl. The molecule has 0 aliphatic rings. The van der Waals surface area contributed by atoms with Gasteiger partial charge >= 0.3 is 0 Å². The third kappa shape index (κ3) is 4.76. The molecule has 0 saturated carbocycles. The first-order chi connectivity index (χ1) is 8.20. The van der Waals surface area contributed by atoms with Crippen LogP contribution in [0.2, 0.25) is 10.0 Å². The molecule has 0 aliphatic heterocycles. The summed E-state index contributed by atoms with van der Waals surface area (Å²) in [7, 11) is 0. The predicted molar refractivity (Wildman–Crippen MR) is 80.5 cm³/mol. The van der Waals surface area contributed by atoms with Crippen LogP contribution in [0.5, 0.6) is 0 Å². The van der Waals surface area contributed by atoms with Gasteiger partial charge in [-0.1, -0.05) is 23.2 Å². The van der Waals surface area contributed by atoms with Crippen LogP contribution >= 0.6 is 39.1 Å². The molecule has 0 aliphatic carbocycles. The Morgan fingerprint density at radius 2 is 1.89 bits per heavy atom. The normalized spacial score (nSPS) is 11.4. The highest BCUT2D eigenvalue weighted by Gasteiger charge is 2.14.